The minimum Gasteiger partial charge on any atom is -0.355 e. The zero-order valence-electron chi connectivity index (χ0n) is 7.84. The van der Waals surface area contributed by atoms with E-state index in [1.165, 1.54) is 17.9 Å². The summed E-state index contributed by atoms with van der Waals surface area (Å²) >= 11 is 2.00. The van der Waals surface area contributed by atoms with E-state index in [1.807, 2.05) is 11.8 Å². The summed E-state index contributed by atoms with van der Waals surface area (Å²) < 4.78 is 0. The highest BCUT2D eigenvalue weighted by molar-refractivity contribution is 7.99. The molecule has 1 unspecified atom stereocenters. The van der Waals surface area contributed by atoms with Gasteiger partial charge in [-0.2, -0.15) is 11.8 Å². The van der Waals surface area contributed by atoms with Crippen molar-refractivity contribution in [1.82, 2.24) is 10.6 Å². The minimum absolute atomic E-state index is 0. The number of carbonyl (C=O) groups is 1. The Bertz CT molecular complexity index is 151. The quantitative estimate of drug-likeness (QED) is 0.689. The molecule has 0 spiro atoms. The number of hydrogen-bond acceptors (Lipinski definition) is 3. The average Bonchev–Trinajstić information content (AvgIpc) is 2.49. The maximum atomic E-state index is 10.5. The second-order valence-corrected chi connectivity index (χ2v) is 4.15. The molecule has 2 N–H and O–H groups in total. The van der Waals surface area contributed by atoms with Gasteiger partial charge >= 0.3 is 0 Å². The van der Waals surface area contributed by atoms with Gasteiger partial charge in [-0.3, -0.25) is 4.79 Å². The lowest BCUT2D eigenvalue weighted by atomic mass is 10.3. The zero-order chi connectivity index (χ0) is 8.81. The molecule has 1 rings (SSSR count). The Hall–Kier alpha value is 0.0700. The van der Waals surface area contributed by atoms with E-state index in [2.05, 4.69) is 10.6 Å². The molecule has 5 heteroatoms. The van der Waals surface area contributed by atoms with Gasteiger partial charge in [0.05, 0.1) is 0 Å². The molecule has 13 heavy (non-hydrogen) atoms. The smallest absolute Gasteiger partial charge is 0.216 e. The molecule has 1 aliphatic heterocycles. The van der Waals surface area contributed by atoms with Crippen LogP contribution in [-0.2, 0) is 4.79 Å². The minimum atomic E-state index is 0. The number of amides is 1. The van der Waals surface area contributed by atoms with Crippen LogP contribution in [0.3, 0.4) is 0 Å². The van der Waals surface area contributed by atoms with Gasteiger partial charge in [0.25, 0.3) is 0 Å². The molecule has 0 aromatic carbocycles. The van der Waals surface area contributed by atoms with E-state index in [-0.39, 0.29) is 18.3 Å². The summed E-state index contributed by atoms with van der Waals surface area (Å²) in [5, 5.41) is 6.16. The van der Waals surface area contributed by atoms with Gasteiger partial charge in [0, 0.05) is 31.8 Å². The Morgan fingerprint density at radius 1 is 1.54 bits per heavy atom. The van der Waals surface area contributed by atoms with Crippen LogP contribution in [0.15, 0.2) is 0 Å². The molecular formula is C8H17ClN2OS. The van der Waals surface area contributed by atoms with Crippen molar-refractivity contribution >= 4 is 30.1 Å². The molecule has 0 aromatic heterocycles. The van der Waals surface area contributed by atoms with Crippen LogP contribution < -0.4 is 10.6 Å². The normalized spacial score (nSPS) is 20.8. The fourth-order valence-corrected chi connectivity index (χ4v) is 2.40. The Kier molecular flexibility index (Phi) is 7.51. The fraction of sp³-hybridized carbons (Fsp3) is 0.875. The Morgan fingerprint density at radius 3 is 2.85 bits per heavy atom. The molecule has 1 amide bonds. The summed E-state index contributed by atoms with van der Waals surface area (Å²) in [6.45, 7) is 3.19. The number of thioether (sulfide) groups is 1. The molecular weight excluding hydrogens is 208 g/mol. The van der Waals surface area contributed by atoms with Gasteiger partial charge in [-0.1, -0.05) is 0 Å². The van der Waals surface area contributed by atoms with Crippen molar-refractivity contribution in [3.05, 3.63) is 0 Å². The van der Waals surface area contributed by atoms with Crippen molar-refractivity contribution in [2.24, 2.45) is 0 Å². The highest BCUT2D eigenvalue weighted by atomic mass is 35.5. The molecule has 1 aliphatic rings. The van der Waals surface area contributed by atoms with Crippen LogP contribution in [0.4, 0.5) is 0 Å². The number of halogens is 1. The largest absolute Gasteiger partial charge is 0.355 e. The second-order valence-electron chi connectivity index (χ2n) is 3.00. The Labute approximate surface area is 89.8 Å². The molecule has 3 nitrogen and oxygen atoms in total. The second kappa shape index (κ2) is 7.47. The van der Waals surface area contributed by atoms with E-state index in [0.717, 1.165) is 13.1 Å². The first kappa shape index (κ1) is 13.1. The van der Waals surface area contributed by atoms with Gasteiger partial charge in [-0.15, -0.1) is 12.4 Å². The standard InChI is InChI=1S/C8H16N2OS.ClH/c1-7(11)9-3-4-10-8-2-5-12-6-8;/h8,10H,2-6H2,1H3,(H,9,11);1H. The van der Waals surface area contributed by atoms with Gasteiger partial charge in [-0.25, -0.2) is 0 Å². The molecule has 1 saturated heterocycles. The molecule has 1 atom stereocenters. The predicted molar refractivity (Wildman–Crippen MR) is 59.7 cm³/mol. The van der Waals surface area contributed by atoms with Crippen molar-refractivity contribution in [3.63, 3.8) is 0 Å². The van der Waals surface area contributed by atoms with Crippen molar-refractivity contribution in [3.8, 4) is 0 Å². The number of hydrogen-bond donors (Lipinski definition) is 2. The van der Waals surface area contributed by atoms with Crippen molar-refractivity contribution in [1.29, 1.82) is 0 Å². The monoisotopic (exact) mass is 224 g/mol. The lowest BCUT2D eigenvalue weighted by Gasteiger charge is -2.10. The molecule has 0 radical (unpaired) electrons. The van der Waals surface area contributed by atoms with Crippen LogP contribution in [0.5, 0.6) is 0 Å². The Balaban J connectivity index is 0.00000144. The molecule has 78 valence electrons. The topological polar surface area (TPSA) is 41.1 Å². The summed E-state index contributed by atoms with van der Waals surface area (Å²) in [7, 11) is 0. The number of rotatable bonds is 4. The molecule has 0 aliphatic carbocycles. The molecule has 1 heterocycles. The zero-order valence-corrected chi connectivity index (χ0v) is 9.47. The van der Waals surface area contributed by atoms with E-state index in [0.29, 0.717) is 6.04 Å². The van der Waals surface area contributed by atoms with Crippen molar-refractivity contribution < 1.29 is 4.79 Å². The number of carbonyl (C=O) groups excluding carboxylic acids is 1. The van der Waals surface area contributed by atoms with E-state index >= 15 is 0 Å². The van der Waals surface area contributed by atoms with Crippen LogP contribution in [0.2, 0.25) is 0 Å². The maximum Gasteiger partial charge on any atom is 0.216 e. The highest BCUT2D eigenvalue weighted by Gasteiger charge is 2.13. The van der Waals surface area contributed by atoms with Gasteiger partial charge < -0.3 is 10.6 Å². The van der Waals surface area contributed by atoms with Gasteiger partial charge in [0.15, 0.2) is 0 Å². The first-order valence-electron chi connectivity index (χ1n) is 4.34. The molecule has 1 fully saturated rings. The number of nitrogens with one attached hydrogen (secondary N) is 2. The summed E-state index contributed by atoms with van der Waals surface area (Å²) in [6.07, 6.45) is 1.27. The maximum absolute atomic E-state index is 10.5. The third kappa shape index (κ3) is 6.18. The lowest BCUT2D eigenvalue weighted by Crippen LogP contribution is -2.36. The molecule has 0 bridgehead atoms. The molecule has 0 saturated carbocycles. The predicted octanol–water partition coefficient (Wildman–Crippen LogP) is 0.639. The average molecular weight is 225 g/mol. The van der Waals surface area contributed by atoms with Gasteiger partial charge in [0.2, 0.25) is 5.91 Å². The van der Waals surface area contributed by atoms with E-state index < -0.39 is 0 Å². The van der Waals surface area contributed by atoms with Gasteiger partial charge in [0.1, 0.15) is 0 Å². The van der Waals surface area contributed by atoms with Crippen LogP contribution in [0.1, 0.15) is 13.3 Å². The first-order valence-corrected chi connectivity index (χ1v) is 5.50. The highest BCUT2D eigenvalue weighted by Crippen LogP contribution is 2.16. The Morgan fingerprint density at radius 2 is 2.31 bits per heavy atom. The van der Waals surface area contributed by atoms with Crippen LogP contribution in [0, 0.1) is 0 Å². The van der Waals surface area contributed by atoms with Crippen LogP contribution >= 0.6 is 24.2 Å². The lowest BCUT2D eigenvalue weighted by molar-refractivity contribution is -0.118. The summed E-state index contributed by atoms with van der Waals surface area (Å²) in [5.74, 6) is 2.55. The summed E-state index contributed by atoms with van der Waals surface area (Å²) in [5.41, 5.74) is 0. The van der Waals surface area contributed by atoms with E-state index in [4.69, 9.17) is 0 Å². The van der Waals surface area contributed by atoms with Crippen LogP contribution in [0.25, 0.3) is 0 Å². The summed E-state index contributed by atoms with van der Waals surface area (Å²) in [4.78, 5) is 10.5. The van der Waals surface area contributed by atoms with Crippen LogP contribution in [-0.4, -0.2) is 36.5 Å². The van der Waals surface area contributed by atoms with Crippen molar-refractivity contribution in [2.45, 2.75) is 19.4 Å². The fourth-order valence-electron chi connectivity index (χ4n) is 1.21. The third-order valence-corrected chi connectivity index (χ3v) is 3.02. The third-order valence-electron chi connectivity index (χ3n) is 1.86. The molecule has 0 aromatic rings. The summed E-state index contributed by atoms with van der Waals surface area (Å²) in [6, 6.07) is 0.670. The first-order chi connectivity index (χ1) is 5.79. The van der Waals surface area contributed by atoms with E-state index in [1.54, 1.807) is 6.92 Å². The van der Waals surface area contributed by atoms with Gasteiger partial charge in [-0.05, 0) is 12.2 Å². The van der Waals surface area contributed by atoms with Crippen molar-refractivity contribution in [2.75, 3.05) is 24.6 Å². The SMILES string of the molecule is CC(=O)NCCNC1CCSC1.Cl. The van der Waals surface area contributed by atoms with E-state index in [9.17, 15) is 4.79 Å².